The van der Waals surface area contributed by atoms with E-state index in [4.69, 9.17) is 10.5 Å². The van der Waals surface area contributed by atoms with Crippen LogP contribution in [0.2, 0.25) is 0 Å². The van der Waals surface area contributed by atoms with E-state index in [9.17, 15) is 9.18 Å². The number of benzene rings is 1. The molecule has 1 aromatic carbocycles. The highest BCUT2D eigenvalue weighted by atomic mass is 19.1. The van der Waals surface area contributed by atoms with Crippen LogP contribution in [0.3, 0.4) is 0 Å². The zero-order valence-electron chi connectivity index (χ0n) is 11.0. The summed E-state index contributed by atoms with van der Waals surface area (Å²) in [6.07, 6.45) is 3.34. The van der Waals surface area contributed by atoms with Gasteiger partial charge in [0, 0.05) is 18.5 Å². The predicted molar refractivity (Wildman–Crippen MR) is 71.5 cm³/mol. The number of halogens is 1. The zero-order valence-corrected chi connectivity index (χ0v) is 11.0. The Morgan fingerprint density at radius 1 is 1.53 bits per heavy atom. The molecule has 1 aliphatic rings. The Kier molecular flexibility index (Phi) is 4.37. The normalized spacial score (nSPS) is 22.3. The largest absolute Gasteiger partial charge is 0.497 e. The topological polar surface area (TPSA) is 64.3 Å². The van der Waals surface area contributed by atoms with Gasteiger partial charge in [0.25, 0.3) is 0 Å². The molecule has 4 nitrogen and oxygen atoms in total. The second kappa shape index (κ2) is 6.02. The van der Waals surface area contributed by atoms with Gasteiger partial charge in [0.15, 0.2) is 0 Å². The van der Waals surface area contributed by atoms with Crippen LogP contribution in [0.25, 0.3) is 0 Å². The molecular weight excluding hydrogens is 247 g/mol. The van der Waals surface area contributed by atoms with Crippen molar-refractivity contribution in [3.8, 4) is 5.75 Å². The van der Waals surface area contributed by atoms with Crippen LogP contribution in [0.1, 0.15) is 25.7 Å². The standard InChI is InChI=1S/C14H19FN2O2/c1-19-10-5-6-11(15)13(8-10)17-14(18)7-9-3-2-4-12(9)16/h5-6,8-9,12H,2-4,7,16H2,1H3,(H,17,18)/t9-,12+/m0/s1. The number of carbonyl (C=O) groups is 1. The molecular formula is C14H19FN2O2. The second-order valence-corrected chi connectivity index (χ2v) is 4.95. The van der Waals surface area contributed by atoms with Crippen molar-refractivity contribution in [3.05, 3.63) is 24.0 Å². The summed E-state index contributed by atoms with van der Waals surface area (Å²) in [6.45, 7) is 0. The third-order valence-corrected chi connectivity index (χ3v) is 3.61. The highest BCUT2D eigenvalue weighted by molar-refractivity contribution is 5.91. The summed E-state index contributed by atoms with van der Waals surface area (Å²) in [5.74, 6) is 0.0438. The van der Waals surface area contributed by atoms with Gasteiger partial charge in [-0.3, -0.25) is 4.79 Å². The van der Waals surface area contributed by atoms with Gasteiger partial charge >= 0.3 is 0 Å². The lowest BCUT2D eigenvalue weighted by molar-refractivity contribution is -0.117. The minimum atomic E-state index is -0.468. The Hall–Kier alpha value is -1.62. The molecule has 1 fully saturated rings. The van der Waals surface area contributed by atoms with Gasteiger partial charge in [-0.2, -0.15) is 0 Å². The van der Waals surface area contributed by atoms with Gasteiger partial charge in [-0.1, -0.05) is 6.42 Å². The van der Waals surface area contributed by atoms with E-state index >= 15 is 0 Å². The number of nitrogens with one attached hydrogen (secondary N) is 1. The Bertz CT molecular complexity index is 465. The minimum Gasteiger partial charge on any atom is -0.497 e. The SMILES string of the molecule is COc1ccc(F)c(NC(=O)C[C@@H]2CCC[C@H]2N)c1. The molecule has 104 valence electrons. The van der Waals surface area contributed by atoms with Crippen molar-refractivity contribution in [1.82, 2.24) is 0 Å². The number of ether oxygens (including phenoxy) is 1. The Morgan fingerprint density at radius 2 is 2.32 bits per heavy atom. The van der Waals surface area contributed by atoms with Crippen molar-refractivity contribution >= 4 is 11.6 Å². The van der Waals surface area contributed by atoms with Gasteiger partial charge in [-0.25, -0.2) is 4.39 Å². The van der Waals surface area contributed by atoms with E-state index in [1.807, 2.05) is 0 Å². The number of nitrogens with two attached hydrogens (primary N) is 1. The predicted octanol–water partition coefficient (Wildman–Crippen LogP) is 2.29. The summed E-state index contributed by atoms with van der Waals surface area (Å²) < 4.78 is 18.6. The molecule has 5 heteroatoms. The molecule has 19 heavy (non-hydrogen) atoms. The van der Waals surface area contributed by atoms with E-state index in [0.717, 1.165) is 19.3 Å². The maximum absolute atomic E-state index is 13.6. The summed E-state index contributed by atoms with van der Waals surface area (Å²) in [5.41, 5.74) is 6.07. The molecule has 1 aliphatic carbocycles. The molecule has 2 rings (SSSR count). The molecule has 0 radical (unpaired) electrons. The van der Waals surface area contributed by atoms with Crippen LogP contribution in [-0.2, 0) is 4.79 Å². The highest BCUT2D eigenvalue weighted by Crippen LogP contribution is 2.28. The van der Waals surface area contributed by atoms with E-state index in [2.05, 4.69) is 5.32 Å². The summed E-state index contributed by atoms with van der Waals surface area (Å²) >= 11 is 0. The number of hydrogen-bond donors (Lipinski definition) is 2. The number of methoxy groups -OCH3 is 1. The molecule has 3 N–H and O–H groups in total. The lowest BCUT2D eigenvalue weighted by Crippen LogP contribution is -2.28. The van der Waals surface area contributed by atoms with Gasteiger partial charge in [-0.05, 0) is 30.9 Å². The third kappa shape index (κ3) is 3.44. The van der Waals surface area contributed by atoms with Gasteiger partial charge in [-0.15, -0.1) is 0 Å². The lowest BCUT2D eigenvalue weighted by Gasteiger charge is -2.15. The first-order chi connectivity index (χ1) is 9.10. The van der Waals surface area contributed by atoms with Crippen molar-refractivity contribution < 1.29 is 13.9 Å². The number of carbonyl (C=O) groups excluding carboxylic acids is 1. The Balaban J connectivity index is 1.98. The van der Waals surface area contributed by atoms with E-state index in [1.165, 1.54) is 25.3 Å². The Labute approximate surface area is 112 Å². The van der Waals surface area contributed by atoms with Gasteiger partial charge in [0.1, 0.15) is 11.6 Å². The van der Waals surface area contributed by atoms with Crippen molar-refractivity contribution in [2.24, 2.45) is 11.7 Å². The first-order valence-corrected chi connectivity index (χ1v) is 6.49. The number of anilines is 1. The first kappa shape index (κ1) is 13.8. The van der Waals surface area contributed by atoms with Crippen LogP contribution in [0.15, 0.2) is 18.2 Å². The maximum Gasteiger partial charge on any atom is 0.224 e. The van der Waals surface area contributed by atoms with Gasteiger partial charge in [0.2, 0.25) is 5.91 Å². The van der Waals surface area contributed by atoms with Crippen LogP contribution >= 0.6 is 0 Å². The van der Waals surface area contributed by atoms with Crippen LogP contribution in [0.4, 0.5) is 10.1 Å². The van der Waals surface area contributed by atoms with Crippen molar-refractivity contribution in [3.63, 3.8) is 0 Å². The molecule has 0 aliphatic heterocycles. The molecule has 0 unspecified atom stereocenters. The summed E-state index contributed by atoms with van der Waals surface area (Å²) in [4.78, 5) is 11.9. The molecule has 2 atom stereocenters. The molecule has 0 spiro atoms. The Morgan fingerprint density at radius 3 is 2.95 bits per heavy atom. The smallest absolute Gasteiger partial charge is 0.224 e. The number of amides is 1. The summed E-state index contributed by atoms with van der Waals surface area (Å²) in [6, 6.07) is 4.34. The fraction of sp³-hybridized carbons (Fsp3) is 0.500. The number of hydrogen-bond acceptors (Lipinski definition) is 3. The van der Waals surface area contributed by atoms with E-state index in [0.29, 0.717) is 12.2 Å². The van der Waals surface area contributed by atoms with Crippen molar-refractivity contribution in [2.45, 2.75) is 31.7 Å². The van der Waals surface area contributed by atoms with E-state index < -0.39 is 5.82 Å². The molecule has 1 aromatic rings. The zero-order chi connectivity index (χ0) is 13.8. The number of rotatable bonds is 4. The fourth-order valence-electron chi connectivity index (χ4n) is 2.49. The molecule has 0 aromatic heterocycles. The lowest BCUT2D eigenvalue weighted by atomic mass is 10.00. The molecule has 1 saturated carbocycles. The van der Waals surface area contributed by atoms with Crippen LogP contribution in [0.5, 0.6) is 5.75 Å². The second-order valence-electron chi connectivity index (χ2n) is 4.95. The van der Waals surface area contributed by atoms with E-state index in [1.54, 1.807) is 0 Å². The van der Waals surface area contributed by atoms with Crippen LogP contribution < -0.4 is 15.8 Å². The maximum atomic E-state index is 13.6. The summed E-state index contributed by atoms with van der Waals surface area (Å²) in [7, 11) is 1.50. The third-order valence-electron chi connectivity index (χ3n) is 3.61. The average Bonchev–Trinajstić information content (AvgIpc) is 2.78. The van der Waals surface area contributed by atoms with E-state index in [-0.39, 0.29) is 23.6 Å². The van der Waals surface area contributed by atoms with Crippen molar-refractivity contribution in [1.29, 1.82) is 0 Å². The van der Waals surface area contributed by atoms with Crippen molar-refractivity contribution in [2.75, 3.05) is 12.4 Å². The molecule has 0 heterocycles. The van der Waals surface area contributed by atoms with Crippen LogP contribution in [0, 0.1) is 11.7 Å². The average molecular weight is 266 g/mol. The first-order valence-electron chi connectivity index (χ1n) is 6.49. The quantitative estimate of drug-likeness (QED) is 0.878. The van der Waals surface area contributed by atoms with Gasteiger partial charge < -0.3 is 15.8 Å². The fourth-order valence-corrected chi connectivity index (χ4v) is 2.49. The minimum absolute atomic E-state index is 0.0842. The molecule has 0 saturated heterocycles. The van der Waals surface area contributed by atoms with Crippen LogP contribution in [-0.4, -0.2) is 19.1 Å². The highest BCUT2D eigenvalue weighted by Gasteiger charge is 2.26. The molecule has 1 amide bonds. The monoisotopic (exact) mass is 266 g/mol. The van der Waals surface area contributed by atoms with Gasteiger partial charge in [0.05, 0.1) is 12.8 Å². The summed E-state index contributed by atoms with van der Waals surface area (Å²) in [5, 5.41) is 2.58. The molecule has 0 bridgehead atoms.